The fourth-order valence-corrected chi connectivity index (χ4v) is 5.95. The van der Waals surface area contributed by atoms with Gasteiger partial charge >= 0.3 is 176 Å². The summed E-state index contributed by atoms with van der Waals surface area (Å²) >= 11 is 0. The molecule has 3 aromatic rings. The molecule has 0 unspecified atom stereocenters. The first-order valence-corrected chi connectivity index (χ1v) is 11.6. The fourth-order valence-electron chi connectivity index (χ4n) is 3.25. The second-order valence-electron chi connectivity index (χ2n) is 6.92. The monoisotopic (exact) mass is 436 g/mol. The normalized spacial score (nSPS) is 23.0. The molecular formula is C21H15N3O6P-. The van der Waals surface area contributed by atoms with Crippen LogP contribution < -0.4 is 0 Å². The summed E-state index contributed by atoms with van der Waals surface area (Å²) in [7, 11) is -6.00. The first kappa shape index (κ1) is 17.7. The van der Waals surface area contributed by atoms with Crippen LogP contribution >= 0.6 is 7.31 Å². The third-order valence-electron chi connectivity index (χ3n) is 4.75. The van der Waals surface area contributed by atoms with E-state index in [0.717, 1.165) is 0 Å². The second kappa shape index (κ2) is 5.74. The van der Waals surface area contributed by atoms with E-state index in [-0.39, 0.29) is 17.7 Å². The summed E-state index contributed by atoms with van der Waals surface area (Å²) in [6.45, 7) is 0. The number of nitrogens with zero attached hydrogens (tertiary/aromatic N) is 3. The molecule has 3 aliphatic rings. The van der Waals surface area contributed by atoms with E-state index in [2.05, 4.69) is 15.5 Å². The zero-order valence-corrected chi connectivity index (χ0v) is 16.8. The van der Waals surface area contributed by atoms with Crippen LogP contribution in [-0.2, 0) is 27.4 Å². The van der Waals surface area contributed by atoms with Crippen LogP contribution in [0.15, 0.2) is 106 Å². The van der Waals surface area contributed by atoms with Crippen molar-refractivity contribution < 1.29 is 27.4 Å². The van der Waals surface area contributed by atoms with Gasteiger partial charge in [0.05, 0.1) is 0 Å². The molecule has 0 amide bonds. The summed E-state index contributed by atoms with van der Waals surface area (Å²) in [6, 6.07) is 27.2. The Morgan fingerprint density at radius 3 is 1.00 bits per heavy atom. The quantitative estimate of drug-likeness (QED) is 0.548. The average molecular weight is 436 g/mol. The molecule has 0 aliphatic carbocycles. The van der Waals surface area contributed by atoms with Gasteiger partial charge in [-0.1, -0.05) is 0 Å². The standard InChI is InChI=1S/C21H15N3O6P/c1-4-10-16(11-5-1)19-22-28-31(25-19,26-20(23-29-31)17-12-6-2-7-13-17)27-21(24-30-31)18-14-8-3-9-15-18/h1-15H/q-1. The number of benzene rings is 3. The molecule has 0 radical (unpaired) electrons. The van der Waals surface area contributed by atoms with Crippen LogP contribution in [0.5, 0.6) is 0 Å². The van der Waals surface area contributed by atoms with Crippen LogP contribution in [-0.4, -0.2) is 17.7 Å². The molecular weight excluding hydrogens is 421 g/mol. The van der Waals surface area contributed by atoms with Crippen LogP contribution in [0.3, 0.4) is 0 Å². The van der Waals surface area contributed by atoms with E-state index in [0.29, 0.717) is 16.7 Å². The summed E-state index contributed by atoms with van der Waals surface area (Å²) in [5.41, 5.74) is 1.79. The van der Waals surface area contributed by atoms with E-state index in [9.17, 15) is 0 Å². The van der Waals surface area contributed by atoms with Crippen LogP contribution in [0.25, 0.3) is 0 Å². The van der Waals surface area contributed by atoms with Gasteiger partial charge in [0, 0.05) is 0 Å². The van der Waals surface area contributed by atoms with Crippen LogP contribution in [0.2, 0.25) is 0 Å². The van der Waals surface area contributed by atoms with E-state index in [1.54, 1.807) is 36.4 Å². The zero-order chi connectivity index (χ0) is 20.8. The maximum atomic E-state index is 6.08. The van der Waals surface area contributed by atoms with Gasteiger partial charge in [-0.2, -0.15) is 0 Å². The third kappa shape index (κ3) is 2.50. The summed E-state index contributed by atoms with van der Waals surface area (Å²) in [5.74, 6) is 0.139. The van der Waals surface area contributed by atoms with Gasteiger partial charge in [0.25, 0.3) is 0 Å². The van der Waals surface area contributed by atoms with E-state index >= 15 is 0 Å². The SMILES string of the molecule is c1ccc(C2=NO[P-]34(ON=C(c5ccccc5)O3)(ON=C(c3ccccc3)O4)O2)cc1. The number of rotatable bonds is 3. The van der Waals surface area contributed by atoms with Crippen molar-refractivity contribution in [3.63, 3.8) is 0 Å². The molecule has 3 aromatic carbocycles. The molecule has 0 saturated carbocycles. The van der Waals surface area contributed by atoms with Crippen molar-refractivity contribution in [2.45, 2.75) is 0 Å². The Hall–Kier alpha value is -4.10. The molecule has 10 heteroatoms. The average Bonchev–Trinajstić information content (AvgIpc) is 3.50. The molecule has 6 rings (SSSR count). The Bertz CT molecular complexity index is 1110. The Balaban J connectivity index is 1.43. The van der Waals surface area contributed by atoms with E-state index in [1.165, 1.54) is 0 Å². The minimum absolute atomic E-state index is 0.0465. The molecule has 0 aromatic heterocycles. The first-order chi connectivity index (χ1) is 15.1. The van der Waals surface area contributed by atoms with Gasteiger partial charge < -0.3 is 0 Å². The van der Waals surface area contributed by atoms with Gasteiger partial charge in [-0.25, -0.2) is 0 Å². The Labute approximate surface area is 176 Å². The van der Waals surface area contributed by atoms with Crippen molar-refractivity contribution in [3.05, 3.63) is 108 Å². The summed E-state index contributed by atoms with van der Waals surface area (Å²) in [4.78, 5) is 0. The fraction of sp³-hybridized carbons (Fsp3) is 0. The first-order valence-electron chi connectivity index (χ1n) is 9.41. The molecule has 0 N–H and O–H groups in total. The number of hydrogen-bond acceptors (Lipinski definition) is 9. The van der Waals surface area contributed by atoms with Crippen molar-refractivity contribution in [3.8, 4) is 0 Å². The Morgan fingerprint density at radius 2 is 0.710 bits per heavy atom. The second-order valence-corrected chi connectivity index (χ2v) is 10.2. The van der Waals surface area contributed by atoms with Gasteiger partial charge in [0.1, 0.15) is 0 Å². The van der Waals surface area contributed by atoms with Gasteiger partial charge in [-0.15, -0.1) is 0 Å². The number of hydrogen-bond donors (Lipinski definition) is 0. The number of oxime groups is 3. The topological polar surface area (TPSA) is 92.5 Å². The Kier molecular flexibility index (Phi) is 3.28. The summed E-state index contributed by atoms with van der Waals surface area (Å²) < 4.78 is 35.3. The predicted molar refractivity (Wildman–Crippen MR) is 112 cm³/mol. The van der Waals surface area contributed by atoms with Crippen molar-refractivity contribution in [1.82, 2.24) is 0 Å². The van der Waals surface area contributed by atoms with Crippen molar-refractivity contribution >= 4 is 25.0 Å². The van der Waals surface area contributed by atoms with Gasteiger partial charge in [-0.05, 0) is 0 Å². The molecule has 31 heavy (non-hydrogen) atoms. The molecule has 0 saturated heterocycles. The van der Waals surface area contributed by atoms with Crippen LogP contribution in [0, 0.1) is 0 Å². The minimum atomic E-state index is -6.00. The van der Waals surface area contributed by atoms with Crippen molar-refractivity contribution in [2.75, 3.05) is 0 Å². The van der Waals surface area contributed by atoms with E-state index < -0.39 is 7.31 Å². The van der Waals surface area contributed by atoms with E-state index in [4.69, 9.17) is 27.4 Å². The maximum absolute atomic E-state index is 6.08. The molecule has 3 aliphatic heterocycles. The molecule has 1 spiro atoms. The predicted octanol–water partition coefficient (Wildman–Crippen LogP) is 4.79. The van der Waals surface area contributed by atoms with Gasteiger partial charge in [-0.3, -0.25) is 0 Å². The van der Waals surface area contributed by atoms with Crippen LogP contribution in [0.4, 0.5) is 0 Å². The molecule has 0 atom stereocenters. The molecule has 9 nitrogen and oxygen atoms in total. The molecule has 0 fully saturated rings. The van der Waals surface area contributed by atoms with Gasteiger partial charge in [0.15, 0.2) is 0 Å². The van der Waals surface area contributed by atoms with Crippen LogP contribution in [0.1, 0.15) is 16.7 Å². The third-order valence-corrected chi connectivity index (χ3v) is 7.63. The van der Waals surface area contributed by atoms with Crippen molar-refractivity contribution in [2.24, 2.45) is 15.5 Å². The van der Waals surface area contributed by atoms with E-state index in [1.807, 2.05) is 54.6 Å². The van der Waals surface area contributed by atoms with Crippen molar-refractivity contribution in [1.29, 1.82) is 0 Å². The molecule has 156 valence electrons. The zero-order valence-electron chi connectivity index (χ0n) is 15.9. The summed E-state index contributed by atoms with van der Waals surface area (Å²) in [6.07, 6.45) is 0. The molecule has 0 bridgehead atoms. The molecule has 3 heterocycles. The Morgan fingerprint density at radius 1 is 0.419 bits per heavy atom. The summed E-state index contributed by atoms with van der Waals surface area (Å²) in [5, 5.41) is 12.1. The van der Waals surface area contributed by atoms with Gasteiger partial charge in [0.2, 0.25) is 0 Å².